The van der Waals surface area contributed by atoms with Crippen LogP contribution in [0.15, 0.2) is 0 Å². The second kappa shape index (κ2) is 3.01. The van der Waals surface area contributed by atoms with Gasteiger partial charge in [-0.1, -0.05) is 6.92 Å². The van der Waals surface area contributed by atoms with Crippen molar-refractivity contribution in [3.63, 3.8) is 0 Å². The van der Waals surface area contributed by atoms with E-state index in [1.165, 1.54) is 0 Å². The summed E-state index contributed by atoms with van der Waals surface area (Å²) in [5.74, 6) is -0.405. The van der Waals surface area contributed by atoms with Gasteiger partial charge >= 0.3 is 11.9 Å². The van der Waals surface area contributed by atoms with Crippen molar-refractivity contribution in [2.45, 2.75) is 38.4 Å². The second-order valence-electron chi connectivity index (χ2n) is 3.68. The van der Waals surface area contributed by atoms with E-state index in [2.05, 4.69) is 0 Å². The van der Waals surface area contributed by atoms with Crippen LogP contribution in [0.3, 0.4) is 0 Å². The molecule has 72 valence electrons. The Labute approximate surface area is 76.2 Å². The van der Waals surface area contributed by atoms with Crippen molar-refractivity contribution in [3.8, 4) is 0 Å². The van der Waals surface area contributed by atoms with Crippen LogP contribution in [-0.4, -0.2) is 24.1 Å². The van der Waals surface area contributed by atoms with Gasteiger partial charge in [-0.25, -0.2) is 0 Å². The molecular weight excluding hydrogens is 172 g/mol. The average Bonchev–Trinajstić information content (AvgIpc) is 2.61. The fourth-order valence-electron chi connectivity index (χ4n) is 1.79. The van der Waals surface area contributed by atoms with Crippen molar-refractivity contribution in [1.82, 2.24) is 0 Å². The lowest BCUT2D eigenvalue weighted by Gasteiger charge is -2.15. The lowest BCUT2D eigenvalue weighted by atomic mass is 10.0. The van der Waals surface area contributed by atoms with Crippen LogP contribution < -0.4 is 0 Å². The summed E-state index contributed by atoms with van der Waals surface area (Å²) in [6.45, 7) is 1.83. The Kier molecular flexibility index (Phi) is 1.98. The fraction of sp³-hybridized carbons (Fsp3) is 0.778. The SMILES string of the molecule is CC1CC(C2CCC(=O)O2)OC1=O. The first-order chi connectivity index (χ1) is 6.16. The molecule has 0 aromatic carbocycles. The van der Waals surface area contributed by atoms with Gasteiger partial charge in [0.05, 0.1) is 5.92 Å². The molecule has 0 amide bonds. The predicted octanol–water partition coefficient (Wildman–Crippen LogP) is 0.644. The molecule has 3 unspecified atom stereocenters. The smallest absolute Gasteiger partial charge is 0.309 e. The van der Waals surface area contributed by atoms with Gasteiger partial charge in [-0.05, 0) is 6.42 Å². The molecule has 0 radical (unpaired) electrons. The third-order valence-corrected chi connectivity index (χ3v) is 2.59. The van der Waals surface area contributed by atoms with E-state index in [1.807, 2.05) is 6.92 Å². The van der Waals surface area contributed by atoms with Crippen LogP contribution in [-0.2, 0) is 19.1 Å². The molecule has 0 N–H and O–H groups in total. The zero-order valence-corrected chi connectivity index (χ0v) is 7.49. The van der Waals surface area contributed by atoms with E-state index in [0.29, 0.717) is 19.3 Å². The van der Waals surface area contributed by atoms with Gasteiger partial charge in [0.25, 0.3) is 0 Å². The highest BCUT2D eigenvalue weighted by Gasteiger charge is 2.40. The highest BCUT2D eigenvalue weighted by molar-refractivity contribution is 5.75. The molecule has 0 aromatic rings. The molecule has 0 saturated carbocycles. The van der Waals surface area contributed by atoms with Gasteiger partial charge in [-0.15, -0.1) is 0 Å². The van der Waals surface area contributed by atoms with Gasteiger partial charge in [-0.3, -0.25) is 9.59 Å². The Morgan fingerprint density at radius 3 is 2.46 bits per heavy atom. The number of hydrogen-bond donors (Lipinski definition) is 0. The minimum absolute atomic E-state index is 0.0516. The lowest BCUT2D eigenvalue weighted by Crippen LogP contribution is -2.25. The molecule has 13 heavy (non-hydrogen) atoms. The molecular formula is C9H12O4. The Bertz CT molecular complexity index is 248. The van der Waals surface area contributed by atoms with Crippen LogP contribution in [0.5, 0.6) is 0 Å². The molecule has 0 aliphatic carbocycles. The molecule has 2 aliphatic rings. The summed E-state index contributed by atoms with van der Waals surface area (Å²) in [5.41, 5.74) is 0. The van der Waals surface area contributed by atoms with Crippen molar-refractivity contribution in [2.24, 2.45) is 5.92 Å². The van der Waals surface area contributed by atoms with Gasteiger partial charge in [-0.2, -0.15) is 0 Å². The highest BCUT2D eigenvalue weighted by Crippen LogP contribution is 2.29. The fourth-order valence-corrected chi connectivity index (χ4v) is 1.79. The zero-order chi connectivity index (χ0) is 9.42. The van der Waals surface area contributed by atoms with Crippen molar-refractivity contribution in [2.75, 3.05) is 0 Å². The highest BCUT2D eigenvalue weighted by atomic mass is 16.6. The Morgan fingerprint density at radius 2 is 2.00 bits per heavy atom. The van der Waals surface area contributed by atoms with Crippen molar-refractivity contribution in [1.29, 1.82) is 0 Å². The molecule has 0 aromatic heterocycles. The van der Waals surface area contributed by atoms with Crippen molar-refractivity contribution >= 4 is 11.9 Å². The zero-order valence-electron chi connectivity index (χ0n) is 7.49. The molecule has 4 nitrogen and oxygen atoms in total. The predicted molar refractivity (Wildman–Crippen MR) is 42.8 cm³/mol. The van der Waals surface area contributed by atoms with E-state index in [9.17, 15) is 9.59 Å². The number of cyclic esters (lactones) is 2. The summed E-state index contributed by atoms with van der Waals surface area (Å²) in [4.78, 5) is 21.9. The van der Waals surface area contributed by atoms with E-state index < -0.39 is 0 Å². The molecule has 2 fully saturated rings. The molecule has 4 heteroatoms. The average molecular weight is 184 g/mol. The number of carbonyl (C=O) groups excluding carboxylic acids is 2. The third-order valence-electron chi connectivity index (χ3n) is 2.59. The maximum absolute atomic E-state index is 11.1. The number of rotatable bonds is 1. The summed E-state index contributed by atoms with van der Waals surface area (Å²) in [7, 11) is 0. The first kappa shape index (κ1) is 8.53. The summed E-state index contributed by atoms with van der Waals surface area (Å²) >= 11 is 0. The van der Waals surface area contributed by atoms with E-state index in [1.54, 1.807) is 0 Å². The second-order valence-corrected chi connectivity index (χ2v) is 3.68. The Hall–Kier alpha value is -1.06. The van der Waals surface area contributed by atoms with Gasteiger partial charge in [0.2, 0.25) is 0 Å². The van der Waals surface area contributed by atoms with E-state index >= 15 is 0 Å². The van der Waals surface area contributed by atoms with Crippen LogP contribution in [0.4, 0.5) is 0 Å². The topological polar surface area (TPSA) is 52.6 Å². The quantitative estimate of drug-likeness (QED) is 0.561. The molecule has 2 heterocycles. The Morgan fingerprint density at radius 1 is 1.23 bits per heavy atom. The summed E-state index contributed by atoms with van der Waals surface area (Å²) < 4.78 is 10.1. The lowest BCUT2D eigenvalue weighted by molar-refractivity contribution is -0.154. The minimum Gasteiger partial charge on any atom is -0.458 e. The maximum atomic E-state index is 11.1. The first-order valence-electron chi connectivity index (χ1n) is 4.57. The van der Waals surface area contributed by atoms with E-state index in [-0.39, 0.29) is 30.1 Å². The number of esters is 2. The summed E-state index contributed by atoms with van der Waals surface area (Å²) in [5, 5.41) is 0. The van der Waals surface area contributed by atoms with Crippen LogP contribution in [0, 0.1) is 5.92 Å². The van der Waals surface area contributed by atoms with Gasteiger partial charge in [0, 0.05) is 12.8 Å². The van der Waals surface area contributed by atoms with Crippen LogP contribution in [0.25, 0.3) is 0 Å². The minimum atomic E-state index is -0.200. The Balaban J connectivity index is 1.96. The molecule has 2 aliphatic heterocycles. The molecule has 0 spiro atoms. The van der Waals surface area contributed by atoms with Crippen LogP contribution in [0.2, 0.25) is 0 Å². The largest absolute Gasteiger partial charge is 0.458 e. The normalized spacial score (nSPS) is 39.0. The molecule has 0 bridgehead atoms. The van der Waals surface area contributed by atoms with E-state index in [4.69, 9.17) is 9.47 Å². The standard InChI is InChI=1S/C9H12O4/c1-5-4-7(13-9(5)11)6-2-3-8(10)12-6/h5-7H,2-4H2,1H3. The third kappa shape index (κ3) is 1.53. The van der Waals surface area contributed by atoms with E-state index in [0.717, 1.165) is 0 Å². The van der Waals surface area contributed by atoms with Crippen LogP contribution in [0.1, 0.15) is 26.2 Å². The van der Waals surface area contributed by atoms with Gasteiger partial charge in [0.1, 0.15) is 12.2 Å². The molecule has 2 rings (SSSR count). The van der Waals surface area contributed by atoms with Crippen molar-refractivity contribution < 1.29 is 19.1 Å². The molecule has 2 saturated heterocycles. The molecule has 3 atom stereocenters. The van der Waals surface area contributed by atoms with Crippen LogP contribution >= 0.6 is 0 Å². The van der Waals surface area contributed by atoms with Gasteiger partial charge < -0.3 is 9.47 Å². The number of carbonyl (C=O) groups is 2. The summed E-state index contributed by atoms with van der Waals surface area (Å²) in [6.07, 6.45) is 1.42. The van der Waals surface area contributed by atoms with Crippen molar-refractivity contribution in [3.05, 3.63) is 0 Å². The first-order valence-corrected chi connectivity index (χ1v) is 4.57. The van der Waals surface area contributed by atoms with Gasteiger partial charge in [0.15, 0.2) is 0 Å². The maximum Gasteiger partial charge on any atom is 0.309 e. The monoisotopic (exact) mass is 184 g/mol. The number of hydrogen-bond acceptors (Lipinski definition) is 4. The summed E-state index contributed by atoms with van der Waals surface area (Å²) in [6, 6.07) is 0. The number of ether oxygens (including phenoxy) is 2.